The highest BCUT2D eigenvalue weighted by Gasteiger charge is 2.06. The van der Waals surface area contributed by atoms with Gasteiger partial charge in [-0.15, -0.1) is 0 Å². The summed E-state index contributed by atoms with van der Waals surface area (Å²) < 4.78 is 5.17. The Morgan fingerprint density at radius 1 is 1.38 bits per heavy atom. The van der Waals surface area contributed by atoms with Crippen molar-refractivity contribution in [3.8, 4) is 0 Å². The smallest absolute Gasteiger partial charge is 0.133 e. The second kappa shape index (κ2) is 3.20. The van der Waals surface area contributed by atoms with Gasteiger partial charge in [0.25, 0.3) is 0 Å². The Morgan fingerprint density at radius 3 is 3.00 bits per heavy atom. The highest BCUT2D eigenvalue weighted by molar-refractivity contribution is 5.77. The molecule has 0 aliphatic carbocycles. The molecule has 0 saturated heterocycles. The predicted molar refractivity (Wildman–Crippen MR) is 50.2 cm³/mol. The van der Waals surface area contributed by atoms with Crippen LogP contribution in [0.5, 0.6) is 0 Å². The third kappa shape index (κ3) is 1.43. The molecule has 1 atom stereocenters. The van der Waals surface area contributed by atoms with E-state index >= 15 is 0 Å². The summed E-state index contributed by atoms with van der Waals surface area (Å²) in [6.45, 7) is 0.239. The van der Waals surface area contributed by atoms with Crippen molar-refractivity contribution >= 4 is 11.0 Å². The van der Waals surface area contributed by atoms with Gasteiger partial charge in [-0.25, -0.2) is 0 Å². The monoisotopic (exact) mass is 177 g/mol. The molecule has 3 heteroatoms. The zero-order valence-electron chi connectivity index (χ0n) is 7.10. The third-order valence-corrected chi connectivity index (χ3v) is 2.08. The molecule has 0 aliphatic heterocycles. The van der Waals surface area contributed by atoms with Crippen LogP contribution in [0.15, 0.2) is 34.9 Å². The maximum atomic E-state index is 9.47. The fourth-order valence-corrected chi connectivity index (χ4v) is 1.33. The molecular formula is C10H11NO2. The van der Waals surface area contributed by atoms with Gasteiger partial charge in [-0.05, 0) is 23.8 Å². The van der Waals surface area contributed by atoms with E-state index in [1.54, 1.807) is 6.26 Å². The number of hydrogen-bond donors (Lipinski definition) is 2. The summed E-state index contributed by atoms with van der Waals surface area (Å²) in [5.74, 6) is 0. The molecule has 2 rings (SSSR count). The highest BCUT2D eigenvalue weighted by Crippen LogP contribution is 2.20. The number of benzene rings is 1. The summed E-state index contributed by atoms with van der Waals surface area (Å²) in [6, 6.07) is 7.41. The predicted octanol–water partition coefficient (Wildman–Crippen LogP) is 1.42. The van der Waals surface area contributed by atoms with Crippen LogP contribution in [-0.2, 0) is 0 Å². The molecule has 0 fully saturated rings. The van der Waals surface area contributed by atoms with Crippen LogP contribution >= 0.6 is 0 Å². The first-order valence-electron chi connectivity index (χ1n) is 4.16. The first-order valence-corrected chi connectivity index (χ1v) is 4.16. The van der Waals surface area contributed by atoms with E-state index < -0.39 is 6.10 Å². The van der Waals surface area contributed by atoms with Gasteiger partial charge < -0.3 is 15.3 Å². The van der Waals surface area contributed by atoms with Gasteiger partial charge in [-0.1, -0.05) is 6.07 Å². The van der Waals surface area contributed by atoms with Crippen molar-refractivity contribution in [1.82, 2.24) is 0 Å². The van der Waals surface area contributed by atoms with Crippen LogP contribution in [-0.4, -0.2) is 11.7 Å². The van der Waals surface area contributed by atoms with E-state index in [1.165, 1.54) is 0 Å². The van der Waals surface area contributed by atoms with Gasteiger partial charge in [0.1, 0.15) is 5.58 Å². The molecule has 0 radical (unpaired) electrons. The Bertz CT molecular complexity index is 408. The van der Waals surface area contributed by atoms with Gasteiger partial charge >= 0.3 is 0 Å². The topological polar surface area (TPSA) is 59.4 Å². The number of aliphatic hydroxyl groups excluding tert-OH is 1. The van der Waals surface area contributed by atoms with Gasteiger partial charge in [0.2, 0.25) is 0 Å². The Kier molecular flexibility index (Phi) is 2.04. The number of aliphatic hydroxyl groups is 1. The van der Waals surface area contributed by atoms with Gasteiger partial charge in [0.15, 0.2) is 0 Å². The van der Waals surface area contributed by atoms with Gasteiger partial charge in [-0.3, -0.25) is 0 Å². The first-order chi connectivity index (χ1) is 6.31. The largest absolute Gasteiger partial charge is 0.464 e. The SMILES string of the molecule is NCC(O)c1ccc2occc2c1. The summed E-state index contributed by atoms with van der Waals surface area (Å²) in [5.41, 5.74) is 7.01. The molecule has 0 aliphatic rings. The maximum absolute atomic E-state index is 9.47. The van der Waals surface area contributed by atoms with E-state index in [4.69, 9.17) is 10.2 Å². The molecule has 1 heterocycles. The lowest BCUT2D eigenvalue weighted by Crippen LogP contribution is -2.11. The Hall–Kier alpha value is -1.32. The molecule has 0 spiro atoms. The highest BCUT2D eigenvalue weighted by atomic mass is 16.3. The van der Waals surface area contributed by atoms with E-state index in [2.05, 4.69) is 0 Å². The van der Waals surface area contributed by atoms with Gasteiger partial charge in [0, 0.05) is 11.9 Å². The van der Waals surface area contributed by atoms with E-state index in [-0.39, 0.29) is 6.54 Å². The molecule has 3 nitrogen and oxygen atoms in total. The number of fused-ring (bicyclic) bond motifs is 1. The van der Waals surface area contributed by atoms with E-state index in [1.807, 2.05) is 24.3 Å². The van der Waals surface area contributed by atoms with Crippen LogP contribution in [0.4, 0.5) is 0 Å². The van der Waals surface area contributed by atoms with Crippen LogP contribution in [0.3, 0.4) is 0 Å². The van der Waals surface area contributed by atoms with E-state index in [0.717, 1.165) is 16.5 Å². The molecular weight excluding hydrogens is 166 g/mol. The zero-order valence-corrected chi connectivity index (χ0v) is 7.10. The molecule has 0 bridgehead atoms. The van der Waals surface area contributed by atoms with Crippen molar-refractivity contribution in [3.63, 3.8) is 0 Å². The summed E-state index contributed by atoms with van der Waals surface area (Å²) in [5, 5.41) is 10.5. The molecule has 3 N–H and O–H groups in total. The van der Waals surface area contributed by atoms with Crippen molar-refractivity contribution in [2.24, 2.45) is 5.73 Å². The first kappa shape index (κ1) is 8.29. The zero-order chi connectivity index (χ0) is 9.26. The lowest BCUT2D eigenvalue weighted by molar-refractivity contribution is 0.187. The van der Waals surface area contributed by atoms with Crippen LogP contribution in [0.25, 0.3) is 11.0 Å². The molecule has 2 aromatic rings. The molecule has 0 saturated carbocycles. The Balaban J connectivity index is 2.48. The van der Waals surface area contributed by atoms with Crippen molar-refractivity contribution in [3.05, 3.63) is 36.1 Å². The van der Waals surface area contributed by atoms with Crippen molar-refractivity contribution in [1.29, 1.82) is 0 Å². The number of nitrogens with two attached hydrogens (primary N) is 1. The quantitative estimate of drug-likeness (QED) is 0.729. The Morgan fingerprint density at radius 2 is 2.23 bits per heavy atom. The summed E-state index contributed by atoms with van der Waals surface area (Å²) in [4.78, 5) is 0. The number of rotatable bonds is 2. The summed E-state index contributed by atoms with van der Waals surface area (Å²) in [6.07, 6.45) is 1.04. The second-order valence-electron chi connectivity index (χ2n) is 2.97. The van der Waals surface area contributed by atoms with Crippen molar-refractivity contribution < 1.29 is 9.52 Å². The Labute approximate surface area is 75.8 Å². The lowest BCUT2D eigenvalue weighted by Gasteiger charge is -2.06. The van der Waals surface area contributed by atoms with Crippen LogP contribution in [0.2, 0.25) is 0 Å². The maximum Gasteiger partial charge on any atom is 0.133 e. The summed E-state index contributed by atoms with van der Waals surface area (Å²) in [7, 11) is 0. The fraction of sp³-hybridized carbons (Fsp3) is 0.200. The van der Waals surface area contributed by atoms with Gasteiger partial charge in [0.05, 0.1) is 12.4 Å². The average Bonchev–Trinajstić information content (AvgIpc) is 2.63. The minimum absolute atomic E-state index is 0.239. The van der Waals surface area contributed by atoms with Crippen molar-refractivity contribution in [2.45, 2.75) is 6.10 Å². The molecule has 1 aromatic carbocycles. The fourth-order valence-electron chi connectivity index (χ4n) is 1.33. The lowest BCUT2D eigenvalue weighted by atomic mass is 10.1. The second-order valence-corrected chi connectivity index (χ2v) is 2.97. The summed E-state index contributed by atoms with van der Waals surface area (Å²) >= 11 is 0. The van der Waals surface area contributed by atoms with Crippen molar-refractivity contribution in [2.75, 3.05) is 6.54 Å². The van der Waals surface area contributed by atoms with E-state index in [9.17, 15) is 5.11 Å². The normalized spacial score (nSPS) is 13.4. The molecule has 1 unspecified atom stereocenters. The molecule has 1 aromatic heterocycles. The number of furan rings is 1. The minimum atomic E-state index is -0.584. The third-order valence-electron chi connectivity index (χ3n) is 2.08. The van der Waals surface area contributed by atoms with Crippen LogP contribution in [0.1, 0.15) is 11.7 Å². The molecule has 13 heavy (non-hydrogen) atoms. The number of hydrogen-bond acceptors (Lipinski definition) is 3. The van der Waals surface area contributed by atoms with Gasteiger partial charge in [-0.2, -0.15) is 0 Å². The molecule has 68 valence electrons. The average molecular weight is 177 g/mol. The van der Waals surface area contributed by atoms with E-state index in [0.29, 0.717) is 0 Å². The standard InChI is InChI=1S/C10H11NO2/c11-6-9(12)7-1-2-10-8(5-7)3-4-13-10/h1-5,9,12H,6,11H2. The molecule has 0 amide bonds. The van der Waals surface area contributed by atoms with Crippen LogP contribution in [0, 0.1) is 0 Å². The van der Waals surface area contributed by atoms with Crippen LogP contribution < -0.4 is 5.73 Å². The minimum Gasteiger partial charge on any atom is -0.464 e.